The first-order valence-electron chi connectivity index (χ1n) is 4.65. The maximum Gasteiger partial charge on any atom is 0.334 e. The Morgan fingerprint density at radius 1 is 1.47 bits per heavy atom. The number of methoxy groups -OCH3 is 1. The van der Waals surface area contributed by atoms with E-state index in [1.165, 1.54) is 7.11 Å². The van der Waals surface area contributed by atoms with E-state index in [-0.39, 0.29) is 12.6 Å². The topological polar surface area (TPSA) is 47.9 Å². The first-order chi connectivity index (χ1) is 7.31. The second-order valence-corrected chi connectivity index (χ2v) is 3.15. The minimum Gasteiger partial charge on any atom is -0.475 e. The summed E-state index contributed by atoms with van der Waals surface area (Å²) in [7, 11) is 1.35. The molecule has 0 bridgehead atoms. The summed E-state index contributed by atoms with van der Waals surface area (Å²) in [5, 5.41) is 0. The molecule has 0 aliphatic carbocycles. The van der Waals surface area contributed by atoms with E-state index >= 15 is 0 Å². The van der Waals surface area contributed by atoms with E-state index in [2.05, 4.69) is 9.73 Å². The van der Waals surface area contributed by atoms with Crippen LogP contribution in [0, 0.1) is 0 Å². The molecule has 1 aliphatic rings. The van der Waals surface area contributed by atoms with Gasteiger partial charge in [0.15, 0.2) is 6.04 Å². The lowest BCUT2D eigenvalue weighted by Crippen LogP contribution is -2.21. The van der Waals surface area contributed by atoms with Gasteiger partial charge in [-0.05, 0) is 12.1 Å². The molecular formula is C11H11NO3. The van der Waals surface area contributed by atoms with E-state index in [0.29, 0.717) is 5.90 Å². The van der Waals surface area contributed by atoms with E-state index in [1.807, 2.05) is 30.3 Å². The largest absolute Gasteiger partial charge is 0.475 e. The molecule has 4 heteroatoms. The van der Waals surface area contributed by atoms with Crippen molar-refractivity contribution in [2.45, 2.75) is 6.04 Å². The fourth-order valence-electron chi connectivity index (χ4n) is 1.37. The average molecular weight is 205 g/mol. The summed E-state index contributed by atoms with van der Waals surface area (Å²) in [6, 6.07) is 8.96. The van der Waals surface area contributed by atoms with Crippen LogP contribution in [0.5, 0.6) is 0 Å². The number of carbonyl (C=O) groups is 1. The molecule has 15 heavy (non-hydrogen) atoms. The van der Waals surface area contributed by atoms with Gasteiger partial charge in [-0.25, -0.2) is 9.79 Å². The molecule has 0 saturated heterocycles. The van der Waals surface area contributed by atoms with Gasteiger partial charge in [0.05, 0.1) is 7.11 Å². The minimum absolute atomic E-state index is 0.261. The molecule has 0 spiro atoms. The van der Waals surface area contributed by atoms with Crippen LogP contribution in [0.2, 0.25) is 0 Å². The quantitative estimate of drug-likeness (QED) is 0.677. The zero-order valence-electron chi connectivity index (χ0n) is 8.34. The number of carbonyl (C=O) groups excluding carboxylic acids is 1. The number of hydrogen-bond acceptors (Lipinski definition) is 4. The molecule has 2 rings (SSSR count). The molecule has 1 aromatic carbocycles. The van der Waals surface area contributed by atoms with Crippen LogP contribution in [-0.2, 0) is 14.3 Å². The van der Waals surface area contributed by atoms with E-state index in [4.69, 9.17) is 4.74 Å². The van der Waals surface area contributed by atoms with Crippen molar-refractivity contribution >= 4 is 11.9 Å². The molecule has 1 aliphatic heterocycles. The van der Waals surface area contributed by atoms with Gasteiger partial charge in [-0.2, -0.15) is 0 Å². The third kappa shape index (κ3) is 1.98. The van der Waals surface area contributed by atoms with E-state index in [1.54, 1.807) is 0 Å². The number of hydrogen-bond donors (Lipinski definition) is 0. The Morgan fingerprint density at radius 3 is 2.87 bits per heavy atom. The summed E-state index contributed by atoms with van der Waals surface area (Å²) in [5.41, 5.74) is 0.879. The Kier molecular flexibility index (Phi) is 2.67. The van der Waals surface area contributed by atoms with Crippen molar-refractivity contribution < 1.29 is 14.3 Å². The Balaban J connectivity index is 2.17. The Morgan fingerprint density at radius 2 is 2.20 bits per heavy atom. The van der Waals surface area contributed by atoms with Crippen LogP contribution in [0.1, 0.15) is 5.56 Å². The average Bonchev–Trinajstić information content (AvgIpc) is 2.78. The molecule has 0 fully saturated rings. The van der Waals surface area contributed by atoms with Crippen molar-refractivity contribution in [2.75, 3.05) is 13.7 Å². The number of ether oxygens (including phenoxy) is 2. The Bertz CT molecular complexity index is 386. The maximum atomic E-state index is 11.2. The van der Waals surface area contributed by atoms with Crippen LogP contribution in [0.3, 0.4) is 0 Å². The molecule has 0 N–H and O–H groups in total. The van der Waals surface area contributed by atoms with Gasteiger partial charge < -0.3 is 9.47 Å². The zero-order valence-corrected chi connectivity index (χ0v) is 8.34. The lowest BCUT2D eigenvalue weighted by molar-refractivity contribution is -0.142. The molecule has 0 aromatic heterocycles. The van der Waals surface area contributed by atoms with Gasteiger partial charge in [-0.15, -0.1) is 0 Å². The highest BCUT2D eigenvalue weighted by atomic mass is 16.5. The lowest BCUT2D eigenvalue weighted by Gasteiger charge is -2.00. The summed E-state index contributed by atoms with van der Waals surface area (Å²) >= 11 is 0. The fraction of sp³-hybridized carbons (Fsp3) is 0.273. The van der Waals surface area contributed by atoms with E-state index < -0.39 is 6.04 Å². The van der Waals surface area contributed by atoms with Crippen LogP contribution < -0.4 is 0 Å². The number of aliphatic imine (C=N–C) groups is 1. The van der Waals surface area contributed by atoms with E-state index in [9.17, 15) is 4.79 Å². The van der Waals surface area contributed by atoms with Gasteiger partial charge in [-0.3, -0.25) is 0 Å². The molecule has 1 heterocycles. The number of rotatable bonds is 2. The van der Waals surface area contributed by atoms with Crippen LogP contribution in [0.25, 0.3) is 0 Å². The molecule has 4 nitrogen and oxygen atoms in total. The summed E-state index contributed by atoms with van der Waals surface area (Å²) in [4.78, 5) is 15.3. The second kappa shape index (κ2) is 4.13. The van der Waals surface area contributed by atoms with Crippen LogP contribution >= 0.6 is 0 Å². The van der Waals surface area contributed by atoms with Gasteiger partial charge in [0.1, 0.15) is 6.61 Å². The van der Waals surface area contributed by atoms with Gasteiger partial charge in [-0.1, -0.05) is 18.2 Å². The van der Waals surface area contributed by atoms with E-state index in [0.717, 1.165) is 5.56 Å². The smallest absolute Gasteiger partial charge is 0.334 e. The van der Waals surface area contributed by atoms with Crippen molar-refractivity contribution in [1.82, 2.24) is 0 Å². The maximum absolute atomic E-state index is 11.2. The number of benzene rings is 1. The van der Waals surface area contributed by atoms with Gasteiger partial charge >= 0.3 is 5.97 Å². The van der Waals surface area contributed by atoms with Gasteiger partial charge in [0, 0.05) is 5.56 Å². The fourth-order valence-corrected chi connectivity index (χ4v) is 1.37. The standard InChI is InChI=1S/C11H11NO3/c1-14-11(13)9-7-15-10(12-9)8-5-3-2-4-6-8/h2-6,9H,7H2,1H3/t9-/m0/s1. The van der Waals surface area contributed by atoms with Crippen LogP contribution in [0.15, 0.2) is 35.3 Å². The summed E-state index contributed by atoms with van der Waals surface area (Å²) < 4.78 is 9.92. The number of esters is 1. The molecule has 0 amide bonds. The van der Waals surface area contributed by atoms with Crippen LogP contribution in [0.4, 0.5) is 0 Å². The summed E-state index contributed by atoms with van der Waals surface area (Å²) in [6.45, 7) is 0.261. The van der Waals surface area contributed by atoms with Gasteiger partial charge in [0.2, 0.25) is 5.90 Å². The van der Waals surface area contributed by atoms with Crippen molar-refractivity contribution in [3.8, 4) is 0 Å². The third-order valence-electron chi connectivity index (χ3n) is 2.15. The predicted octanol–water partition coefficient (Wildman–Crippen LogP) is 1.00. The summed E-state index contributed by atoms with van der Waals surface area (Å²) in [5.74, 6) is 0.145. The normalized spacial score (nSPS) is 19.3. The lowest BCUT2D eigenvalue weighted by atomic mass is 10.2. The Labute approximate surface area is 87.5 Å². The van der Waals surface area contributed by atoms with Crippen molar-refractivity contribution in [1.29, 1.82) is 0 Å². The minimum atomic E-state index is -0.523. The molecule has 0 unspecified atom stereocenters. The summed E-state index contributed by atoms with van der Waals surface area (Å²) in [6.07, 6.45) is 0. The van der Waals surface area contributed by atoms with Crippen molar-refractivity contribution in [3.05, 3.63) is 35.9 Å². The molecule has 1 atom stereocenters. The Hall–Kier alpha value is -1.84. The first kappa shape index (κ1) is 9.71. The molecule has 0 radical (unpaired) electrons. The highest BCUT2D eigenvalue weighted by Crippen LogP contribution is 2.12. The van der Waals surface area contributed by atoms with Crippen molar-refractivity contribution in [3.63, 3.8) is 0 Å². The highest BCUT2D eigenvalue weighted by molar-refractivity contribution is 5.97. The first-order valence-corrected chi connectivity index (χ1v) is 4.65. The predicted molar refractivity (Wildman–Crippen MR) is 54.7 cm³/mol. The molecule has 78 valence electrons. The third-order valence-corrected chi connectivity index (χ3v) is 2.15. The SMILES string of the molecule is COC(=O)[C@@H]1COC(c2ccccc2)=N1. The van der Waals surface area contributed by atoms with Crippen LogP contribution in [-0.4, -0.2) is 31.6 Å². The van der Waals surface area contributed by atoms with Gasteiger partial charge in [0.25, 0.3) is 0 Å². The monoisotopic (exact) mass is 205 g/mol. The molecular weight excluding hydrogens is 194 g/mol. The molecule has 1 aromatic rings. The highest BCUT2D eigenvalue weighted by Gasteiger charge is 2.26. The van der Waals surface area contributed by atoms with Crippen molar-refractivity contribution in [2.24, 2.45) is 4.99 Å². The zero-order chi connectivity index (χ0) is 10.7. The second-order valence-electron chi connectivity index (χ2n) is 3.15. The number of nitrogens with zero attached hydrogens (tertiary/aromatic N) is 1. The molecule has 0 saturated carbocycles.